The van der Waals surface area contributed by atoms with Crippen molar-refractivity contribution in [2.24, 2.45) is 0 Å². The summed E-state index contributed by atoms with van der Waals surface area (Å²) in [7, 11) is -0.462. The average Bonchev–Trinajstić information content (AvgIpc) is 2.57. The Hall–Kier alpha value is -0.995. The fourth-order valence-electron chi connectivity index (χ4n) is 1.57. The molecule has 1 aromatic rings. The Kier molecular flexibility index (Phi) is 4.60. The van der Waals surface area contributed by atoms with Crippen molar-refractivity contribution in [3.63, 3.8) is 0 Å². The van der Waals surface area contributed by atoms with Crippen LogP contribution in [-0.4, -0.2) is 23.9 Å². The lowest BCUT2D eigenvalue weighted by molar-refractivity contribution is 0.0842. The summed E-state index contributed by atoms with van der Waals surface area (Å²) in [5, 5.41) is 9.67. The first-order valence-corrected chi connectivity index (χ1v) is 6.12. The van der Waals surface area contributed by atoms with Crippen LogP contribution in [0.25, 0.3) is 0 Å². The Labute approximate surface area is 104 Å². The maximum absolute atomic E-state index is 9.67. The van der Waals surface area contributed by atoms with Crippen molar-refractivity contribution in [1.29, 1.82) is 0 Å². The summed E-state index contributed by atoms with van der Waals surface area (Å²) in [6.45, 7) is 9.94. The lowest BCUT2D eigenvalue weighted by Gasteiger charge is -2.21. The number of benzene rings is 1. The van der Waals surface area contributed by atoms with E-state index in [4.69, 9.17) is 9.31 Å². The second kappa shape index (κ2) is 5.56. The SMILES string of the molecule is CC.CC1OB(c2ccccc2O)OC1(C)C. The van der Waals surface area contributed by atoms with Gasteiger partial charge in [0.05, 0.1) is 11.7 Å². The first-order valence-electron chi connectivity index (χ1n) is 6.12. The summed E-state index contributed by atoms with van der Waals surface area (Å²) in [5.74, 6) is 0.215. The average molecular weight is 236 g/mol. The van der Waals surface area contributed by atoms with Crippen LogP contribution in [0.5, 0.6) is 5.75 Å². The third-order valence-electron chi connectivity index (χ3n) is 2.91. The van der Waals surface area contributed by atoms with Gasteiger partial charge < -0.3 is 14.4 Å². The van der Waals surface area contributed by atoms with Crippen LogP contribution in [0.4, 0.5) is 0 Å². The zero-order valence-corrected chi connectivity index (χ0v) is 11.2. The summed E-state index contributed by atoms with van der Waals surface area (Å²) in [6.07, 6.45) is 0.0158. The number of hydrogen-bond acceptors (Lipinski definition) is 3. The molecule has 0 amide bonds. The van der Waals surface area contributed by atoms with Gasteiger partial charge >= 0.3 is 7.12 Å². The zero-order chi connectivity index (χ0) is 13.1. The Bertz CT molecular complexity index is 365. The van der Waals surface area contributed by atoms with Crippen LogP contribution in [0.15, 0.2) is 24.3 Å². The molecule has 1 atom stereocenters. The Morgan fingerprint density at radius 1 is 1.24 bits per heavy atom. The molecule has 3 nitrogen and oxygen atoms in total. The molecule has 1 fully saturated rings. The van der Waals surface area contributed by atoms with E-state index < -0.39 is 7.12 Å². The Morgan fingerprint density at radius 3 is 2.29 bits per heavy atom. The summed E-state index contributed by atoms with van der Waals surface area (Å²) >= 11 is 0. The number of para-hydroxylation sites is 1. The van der Waals surface area contributed by atoms with Crippen molar-refractivity contribution in [2.75, 3.05) is 0 Å². The minimum Gasteiger partial charge on any atom is -0.508 e. The van der Waals surface area contributed by atoms with Crippen LogP contribution >= 0.6 is 0 Å². The largest absolute Gasteiger partial charge is 0.508 e. The fourth-order valence-corrected chi connectivity index (χ4v) is 1.57. The van der Waals surface area contributed by atoms with E-state index in [0.717, 1.165) is 0 Å². The maximum atomic E-state index is 9.67. The van der Waals surface area contributed by atoms with Gasteiger partial charge in [-0.3, -0.25) is 0 Å². The van der Waals surface area contributed by atoms with Crippen molar-refractivity contribution in [1.82, 2.24) is 0 Å². The molecular formula is C13H21BO3. The van der Waals surface area contributed by atoms with E-state index in [2.05, 4.69) is 0 Å². The molecule has 0 spiro atoms. The minimum atomic E-state index is -0.462. The number of phenols is 1. The first kappa shape index (κ1) is 14.1. The fraction of sp³-hybridized carbons (Fsp3) is 0.538. The molecule has 1 unspecified atom stereocenters. The van der Waals surface area contributed by atoms with Gasteiger partial charge in [0, 0.05) is 5.46 Å². The number of aromatic hydroxyl groups is 1. The van der Waals surface area contributed by atoms with E-state index >= 15 is 0 Å². The molecular weight excluding hydrogens is 215 g/mol. The highest BCUT2D eigenvalue weighted by Gasteiger charge is 2.44. The Balaban J connectivity index is 0.000000686. The van der Waals surface area contributed by atoms with Gasteiger partial charge in [0.25, 0.3) is 0 Å². The van der Waals surface area contributed by atoms with E-state index in [-0.39, 0.29) is 17.5 Å². The van der Waals surface area contributed by atoms with Gasteiger partial charge in [-0.1, -0.05) is 32.0 Å². The molecule has 17 heavy (non-hydrogen) atoms. The van der Waals surface area contributed by atoms with Crippen LogP contribution in [0.3, 0.4) is 0 Å². The molecule has 4 heteroatoms. The van der Waals surface area contributed by atoms with Crippen molar-refractivity contribution >= 4 is 12.6 Å². The molecule has 1 aliphatic heterocycles. The highest BCUT2D eigenvalue weighted by Crippen LogP contribution is 2.27. The molecule has 1 aliphatic rings. The number of phenolic OH excluding ortho intramolecular Hbond substituents is 1. The van der Waals surface area contributed by atoms with E-state index in [1.807, 2.05) is 46.8 Å². The van der Waals surface area contributed by atoms with Gasteiger partial charge in [0.2, 0.25) is 0 Å². The minimum absolute atomic E-state index is 0.0158. The summed E-state index contributed by atoms with van der Waals surface area (Å²) in [6, 6.07) is 7.09. The summed E-state index contributed by atoms with van der Waals surface area (Å²) in [4.78, 5) is 0. The number of hydrogen-bond donors (Lipinski definition) is 1. The van der Waals surface area contributed by atoms with Crippen LogP contribution in [0.1, 0.15) is 34.6 Å². The maximum Gasteiger partial charge on any atom is 0.498 e. The second-order valence-corrected chi connectivity index (χ2v) is 4.39. The first-order chi connectivity index (χ1) is 8.00. The molecule has 0 radical (unpaired) electrons. The molecule has 0 bridgehead atoms. The van der Waals surface area contributed by atoms with Gasteiger partial charge in [0.1, 0.15) is 5.75 Å². The lowest BCUT2D eigenvalue weighted by Crippen LogP contribution is -2.34. The normalized spacial score (nSPS) is 21.9. The zero-order valence-electron chi connectivity index (χ0n) is 11.2. The topological polar surface area (TPSA) is 38.7 Å². The van der Waals surface area contributed by atoms with Crippen molar-refractivity contribution in [3.8, 4) is 5.75 Å². The molecule has 94 valence electrons. The molecule has 1 N–H and O–H groups in total. The molecule has 1 heterocycles. The van der Waals surface area contributed by atoms with Crippen LogP contribution < -0.4 is 5.46 Å². The van der Waals surface area contributed by atoms with E-state index in [1.54, 1.807) is 12.1 Å². The number of rotatable bonds is 1. The van der Waals surface area contributed by atoms with Gasteiger partial charge in [-0.2, -0.15) is 0 Å². The van der Waals surface area contributed by atoms with E-state index in [0.29, 0.717) is 5.46 Å². The predicted molar refractivity (Wildman–Crippen MR) is 70.6 cm³/mol. The van der Waals surface area contributed by atoms with Crippen molar-refractivity contribution in [3.05, 3.63) is 24.3 Å². The van der Waals surface area contributed by atoms with Gasteiger partial charge in [-0.15, -0.1) is 0 Å². The Morgan fingerprint density at radius 2 is 1.82 bits per heavy atom. The van der Waals surface area contributed by atoms with E-state index in [1.165, 1.54) is 0 Å². The molecule has 2 rings (SSSR count). The standard InChI is InChI=1S/C11H15BO3.C2H6/c1-8-11(2,3)15-12(14-8)9-6-4-5-7-10(9)13;1-2/h4-8,13H,1-3H3;1-2H3. The van der Waals surface area contributed by atoms with Crippen LogP contribution in [-0.2, 0) is 9.31 Å². The molecule has 1 aromatic carbocycles. The lowest BCUT2D eigenvalue weighted by atomic mass is 9.78. The third kappa shape index (κ3) is 3.02. The predicted octanol–water partition coefficient (Wildman–Crippen LogP) is 2.33. The molecule has 1 saturated heterocycles. The highest BCUT2D eigenvalue weighted by molar-refractivity contribution is 6.63. The van der Waals surface area contributed by atoms with Crippen molar-refractivity contribution in [2.45, 2.75) is 46.3 Å². The molecule has 0 aromatic heterocycles. The molecule has 0 aliphatic carbocycles. The van der Waals surface area contributed by atoms with Gasteiger partial charge in [-0.25, -0.2) is 0 Å². The van der Waals surface area contributed by atoms with E-state index in [9.17, 15) is 5.11 Å². The monoisotopic (exact) mass is 236 g/mol. The van der Waals surface area contributed by atoms with Crippen molar-refractivity contribution < 1.29 is 14.4 Å². The van der Waals surface area contributed by atoms with Crippen LogP contribution in [0, 0.1) is 0 Å². The quantitative estimate of drug-likeness (QED) is 0.760. The third-order valence-corrected chi connectivity index (χ3v) is 2.91. The summed E-state index contributed by atoms with van der Waals surface area (Å²) in [5.41, 5.74) is 0.377. The second-order valence-electron chi connectivity index (χ2n) is 4.39. The highest BCUT2D eigenvalue weighted by atomic mass is 16.7. The smallest absolute Gasteiger partial charge is 0.498 e. The van der Waals surface area contributed by atoms with Crippen LogP contribution in [0.2, 0.25) is 0 Å². The van der Waals surface area contributed by atoms with Gasteiger partial charge in [-0.05, 0) is 26.8 Å². The molecule has 0 saturated carbocycles. The van der Waals surface area contributed by atoms with Gasteiger partial charge in [0.15, 0.2) is 0 Å². The summed E-state index contributed by atoms with van der Waals surface area (Å²) < 4.78 is 11.4.